The van der Waals surface area contributed by atoms with Gasteiger partial charge < -0.3 is 25.8 Å². The molecule has 72 valence electrons. The fourth-order valence-electron chi connectivity index (χ4n) is 1.34. The van der Waals surface area contributed by atoms with Crippen molar-refractivity contribution in [2.45, 2.75) is 31.5 Å². The van der Waals surface area contributed by atoms with Gasteiger partial charge in [-0.3, -0.25) is 0 Å². The molecule has 1 rings (SSSR count). The summed E-state index contributed by atoms with van der Waals surface area (Å²) in [5.41, 5.74) is 5.42. The summed E-state index contributed by atoms with van der Waals surface area (Å²) in [5, 5.41) is 27.4. The Morgan fingerprint density at radius 1 is 1.42 bits per heavy atom. The molecule has 0 aromatic carbocycles. The Balaban J connectivity index is 2.63. The third kappa shape index (κ3) is 1.60. The zero-order valence-electron chi connectivity index (χ0n) is 6.92. The van der Waals surface area contributed by atoms with E-state index in [-0.39, 0.29) is 12.5 Å². The number of aliphatic hydroxyl groups is 3. The van der Waals surface area contributed by atoms with Crippen LogP contribution in [0.1, 0.15) is 6.92 Å². The summed E-state index contributed by atoms with van der Waals surface area (Å²) in [6.07, 6.45) is -2.55. The van der Waals surface area contributed by atoms with Gasteiger partial charge in [0.1, 0.15) is 0 Å². The Bertz CT molecular complexity index is 150. The molecule has 5 atom stereocenters. The van der Waals surface area contributed by atoms with Gasteiger partial charge in [0.2, 0.25) is 0 Å². The third-order valence-corrected chi connectivity index (χ3v) is 2.34. The molecule has 5 N–H and O–H groups in total. The van der Waals surface area contributed by atoms with Crippen LogP contribution in [0.25, 0.3) is 0 Å². The highest BCUT2D eigenvalue weighted by Gasteiger charge is 2.39. The molecule has 1 fully saturated rings. The van der Waals surface area contributed by atoms with Crippen LogP contribution in [0.4, 0.5) is 0 Å². The van der Waals surface area contributed by atoms with E-state index in [4.69, 9.17) is 20.7 Å². The molecule has 0 aliphatic carbocycles. The Morgan fingerprint density at radius 3 is 2.50 bits per heavy atom. The first kappa shape index (κ1) is 9.88. The van der Waals surface area contributed by atoms with E-state index in [0.29, 0.717) is 0 Å². The highest BCUT2D eigenvalue weighted by Crippen LogP contribution is 2.23. The van der Waals surface area contributed by atoms with Crippen LogP contribution < -0.4 is 5.73 Å². The molecular formula is C7H15NO4. The molecule has 1 aliphatic rings. The summed E-state index contributed by atoms with van der Waals surface area (Å²) in [4.78, 5) is 0. The van der Waals surface area contributed by atoms with Crippen molar-refractivity contribution in [2.75, 3.05) is 6.61 Å². The number of hydrogen-bond acceptors (Lipinski definition) is 5. The van der Waals surface area contributed by atoms with Crippen molar-refractivity contribution in [3.05, 3.63) is 0 Å². The van der Waals surface area contributed by atoms with Crippen molar-refractivity contribution in [1.82, 2.24) is 0 Å². The maximum Gasteiger partial charge on any atom is 0.172 e. The van der Waals surface area contributed by atoms with Gasteiger partial charge in [-0.1, -0.05) is 6.92 Å². The highest BCUT2D eigenvalue weighted by molar-refractivity contribution is 4.88. The molecule has 0 saturated carbocycles. The average molecular weight is 177 g/mol. The predicted octanol–water partition coefficient (Wildman–Crippen LogP) is -1.98. The summed E-state index contributed by atoms with van der Waals surface area (Å²) in [7, 11) is 0. The van der Waals surface area contributed by atoms with Crippen LogP contribution >= 0.6 is 0 Å². The SMILES string of the molecule is C[C@@H]1C(CO)O[C@@H](O)C(N)[C@H]1O. The minimum Gasteiger partial charge on any atom is -0.394 e. The first-order chi connectivity index (χ1) is 5.57. The van der Waals surface area contributed by atoms with Crippen LogP contribution in [0.3, 0.4) is 0 Å². The molecular weight excluding hydrogens is 162 g/mol. The molecule has 0 aromatic rings. The largest absolute Gasteiger partial charge is 0.394 e. The standard InChI is InChI=1S/C7H15NO4/c1-3-4(2-9)12-7(11)5(8)6(3)10/h3-7,9-11H,2,8H2,1H3/t3-,4?,5?,6+,7-/m1/s1. The van der Waals surface area contributed by atoms with Crippen molar-refractivity contribution in [2.24, 2.45) is 11.7 Å². The molecule has 1 aliphatic heterocycles. The molecule has 0 radical (unpaired) electrons. The lowest BCUT2D eigenvalue weighted by molar-refractivity contribution is -0.229. The summed E-state index contributed by atoms with van der Waals surface area (Å²) in [6, 6.07) is -0.789. The Hall–Kier alpha value is -0.200. The first-order valence-corrected chi connectivity index (χ1v) is 3.96. The number of nitrogens with two attached hydrogens (primary N) is 1. The van der Waals surface area contributed by atoms with E-state index in [9.17, 15) is 5.11 Å². The molecule has 5 nitrogen and oxygen atoms in total. The van der Waals surface area contributed by atoms with Crippen LogP contribution in [0.5, 0.6) is 0 Å². The van der Waals surface area contributed by atoms with Gasteiger partial charge in [-0.25, -0.2) is 0 Å². The van der Waals surface area contributed by atoms with E-state index in [1.807, 2.05) is 0 Å². The quantitative estimate of drug-likeness (QED) is 0.372. The van der Waals surface area contributed by atoms with Crippen molar-refractivity contribution in [3.8, 4) is 0 Å². The van der Waals surface area contributed by atoms with Gasteiger partial charge in [-0.05, 0) is 0 Å². The smallest absolute Gasteiger partial charge is 0.172 e. The van der Waals surface area contributed by atoms with Crippen LogP contribution in [0.2, 0.25) is 0 Å². The second-order valence-electron chi connectivity index (χ2n) is 3.17. The lowest BCUT2D eigenvalue weighted by atomic mass is 9.90. The predicted molar refractivity (Wildman–Crippen MR) is 41.1 cm³/mol. The number of hydrogen-bond donors (Lipinski definition) is 4. The maximum absolute atomic E-state index is 9.44. The Labute approximate surface area is 70.8 Å². The zero-order chi connectivity index (χ0) is 9.30. The van der Waals surface area contributed by atoms with E-state index in [1.54, 1.807) is 6.92 Å². The molecule has 12 heavy (non-hydrogen) atoms. The van der Waals surface area contributed by atoms with E-state index < -0.39 is 24.5 Å². The summed E-state index contributed by atoms with van der Waals surface area (Å²) < 4.78 is 4.95. The number of aliphatic hydroxyl groups excluding tert-OH is 3. The van der Waals surface area contributed by atoms with Gasteiger partial charge in [-0.15, -0.1) is 0 Å². The van der Waals surface area contributed by atoms with E-state index in [0.717, 1.165) is 0 Å². The fraction of sp³-hybridized carbons (Fsp3) is 1.00. The van der Waals surface area contributed by atoms with Crippen LogP contribution in [-0.2, 0) is 4.74 Å². The highest BCUT2D eigenvalue weighted by atomic mass is 16.6. The minimum atomic E-state index is -1.19. The summed E-state index contributed by atoms with van der Waals surface area (Å²) >= 11 is 0. The van der Waals surface area contributed by atoms with Gasteiger partial charge >= 0.3 is 0 Å². The fourth-order valence-corrected chi connectivity index (χ4v) is 1.34. The second kappa shape index (κ2) is 3.68. The molecule has 0 amide bonds. The summed E-state index contributed by atoms with van der Waals surface area (Å²) in [6.45, 7) is 1.50. The zero-order valence-corrected chi connectivity index (χ0v) is 6.92. The van der Waals surface area contributed by atoms with Crippen molar-refractivity contribution >= 4 is 0 Å². The molecule has 0 bridgehead atoms. The molecule has 0 spiro atoms. The van der Waals surface area contributed by atoms with Crippen LogP contribution in [-0.4, -0.2) is 46.5 Å². The van der Waals surface area contributed by atoms with Gasteiger partial charge in [0.05, 0.1) is 24.9 Å². The third-order valence-electron chi connectivity index (χ3n) is 2.34. The van der Waals surface area contributed by atoms with Gasteiger partial charge in [0.25, 0.3) is 0 Å². The average Bonchev–Trinajstić information content (AvgIpc) is 2.08. The Morgan fingerprint density at radius 2 is 2.00 bits per heavy atom. The van der Waals surface area contributed by atoms with Crippen molar-refractivity contribution < 1.29 is 20.1 Å². The Kier molecular flexibility index (Phi) is 3.03. The maximum atomic E-state index is 9.44. The minimum absolute atomic E-state index is 0.220. The summed E-state index contributed by atoms with van der Waals surface area (Å²) in [5.74, 6) is -0.256. The van der Waals surface area contributed by atoms with Crippen molar-refractivity contribution in [3.63, 3.8) is 0 Å². The van der Waals surface area contributed by atoms with Gasteiger partial charge in [-0.2, -0.15) is 0 Å². The van der Waals surface area contributed by atoms with Gasteiger partial charge in [0.15, 0.2) is 6.29 Å². The molecule has 0 aromatic heterocycles. The second-order valence-corrected chi connectivity index (χ2v) is 3.17. The molecule has 1 heterocycles. The monoisotopic (exact) mass is 177 g/mol. The van der Waals surface area contributed by atoms with E-state index in [2.05, 4.69) is 0 Å². The molecule has 2 unspecified atom stereocenters. The van der Waals surface area contributed by atoms with E-state index in [1.165, 1.54) is 0 Å². The van der Waals surface area contributed by atoms with Crippen LogP contribution in [0, 0.1) is 5.92 Å². The normalized spacial score (nSPS) is 49.2. The lowest BCUT2D eigenvalue weighted by Gasteiger charge is -2.39. The van der Waals surface area contributed by atoms with Crippen molar-refractivity contribution in [1.29, 1.82) is 0 Å². The van der Waals surface area contributed by atoms with E-state index >= 15 is 0 Å². The molecule has 1 saturated heterocycles. The lowest BCUT2D eigenvalue weighted by Crippen LogP contribution is -2.58. The number of ether oxygens (including phenoxy) is 1. The number of rotatable bonds is 1. The molecule has 5 heteroatoms. The topological polar surface area (TPSA) is 95.9 Å². The van der Waals surface area contributed by atoms with Gasteiger partial charge in [0, 0.05) is 5.92 Å². The van der Waals surface area contributed by atoms with Crippen LogP contribution in [0.15, 0.2) is 0 Å². The first-order valence-electron chi connectivity index (χ1n) is 3.96.